The van der Waals surface area contributed by atoms with Gasteiger partial charge in [-0.05, 0) is 28.6 Å². The number of rotatable bonds is 4. The van der Waals surface area contributed by atoms with E-state index in [-0.39, 0.29) is 13.0 Å². The van der Waals surface area contributed by atoms with Crippen molar-refractivity contribution in [1.29, 1.82) is 0 Å². The van der Waals surface area contributed by atoms with E-state index in [1.54, 1.807) is 18.2 Å². The summed E-state index contributed by atoms with van der Waals surface area (Å²) in [5.74, 6) is -0.458. The summed E-state index contributed by atoms with van der Waals surface area (Å²) >= 11 is 11.7. The quantitative estimate of drug-likeness (QED) is 0.931. The molecule has 0 saturated carbocycles. The molecule has 0 atom stereocenters. The molecule has 6 nitrogen and oxygen atoms in total. The highest BCUT2D eigenvalue weighted by molar-refractivity contribution is 6.42. The monoisotopic (exact) mass is 286 g/mol. The minimum absolute atomic E-state index is 0.0562. The molecular weight excluding hydrogens is 279 g/mol. The number of tetrazole rings is 1. The molecule has 0 aliphatic carbocycles. The number of carbonyl (C=O) groups is 1. The van der Waals surface area contributed by atoms with Crippen molar-refractivity contribution in [2.24, 2.45) is 0 Å². The second-order valence-corrected chi connectivity index (χ2v) is 4.31. The molecule has 8 heteroatoms. The Morgan fingerprint density at radius 2 is 2.11 bits per heavy atom. The number of aromatic nitrogens is 4. The summed E-state index contributed by atoms with van der Waals surface area (Å²) in [6.45, 7) is 0.192. The highest BCUT2D eigenvalue weighted by atomic mass is 35.5. The summed E-state index contributed by atoms with van der Waals surface area (Å²) in [7, 11) is 0. The van der Waals surface area contributed by atoms with Gasteiger partial charge in [0.15, 0.2) is 5.82 Å². The number of halogens is 2. The van der Waals surface area contributed by atoms with E-state index in [2.05, 4.69) is 15.5 Å². The van der Waals surface area contributed by atoms with Crippen molar-refractivity contribution in [3.05, 3.63) is 28.2 Å². The van der Waals surface area contributed by atoms with E-state index in [0.717, 1.165) is 0 Å². The molecule has 0 fully saturated rings. The zero-order valence-electron chi connectivity index (χ0n) is 9.05. The topological polar surface area (TPSA) is 80.9 Å². The molecule has 1 aromatic carbocycles. The van der Waals surface area contributed by atoms with Gasteiger partial charge in [-0.3, -0.25) is 4.79 Å². The maximum absolute atomic E-state index is 10.5. The molecule has 1 heterocycles. The van der Waals surface area contributed by atoms with Gasteiger partial charge in [-0.1, -0.05) is 23.2 Å². The lowest BCUT2D eigenvalue weighted by molar-refractivity contribution is -0.137. The Balaban J connectivity index is 2.30. The lowest BCUT2D eigenvalue weighted by Gasteiger charge is -2.04. The van der Waals surface area contributed by atoms with Gasteiger partial charge in [-0.2, -0.15) is 0 Å². The highest BCUT2D eigenvalue weighted by Crippen LogP contribution is 2.27. The van der Waals surface area contributed by atoms with Crippen molar-refractivity contribution in [2.75, 3.05) is 0 Å². The fourth-order valence-corrected chi connectivity index (χ4v) is 1.70. The third-order valence-electron chi connectivity index (χ3n) is 2.25. The van der Waals surface area contributed by atoms with Crippen molar-refractivity contribution in [3.63, 3.8) is 0 Å². The normalized spacial score (nSPS) is 10.6. The first-order chi connectivity index (χ1) is 8.58. The number of carboxylic acid groups (broad SMARTS) is 1. The van der Waals surface area contributed by atoms with Gasteiger partial charge >= 0.3 is 5.97 Å². The predicted octanol–water partition coefficient (Wildman–Crippen LogP) is 2.12. The highest BCUT2D eigenvalue weighted by Gasteiger charge is 2.11. The zero-order valence-corrected chi connectivity index (χ0v) is 10.6. The maximum atomic E-state index is 10.5. The summed E-state index contributed by atoms with van der Waals surface area (Å²) in [5, 5.41) is 20.6. The first-order valence-electron chi connectivity index (χ1n) is 5.01. The van der Waals surface area contributed by atoms with Crippen molar-refractivity contribution in [1.82, 2.24) is 20.2 Å². The molecule has 2 aromatic rings. The van der Waals surface area contributed by atoms with Gasteiger partial charge in [0.1, 0.15) is 0 Å². The lowest BCUT2D eigenvalue weighted by atomic mass is 10.2. The lowest BCUT2D eigenvalue weighted by Crippen LogP contribution is -2.07. The molecular formula is C10H8Cl2N4O2. The van der Waals surface area contributed by atoms with E-state index < -0.39 is 5.97 Å². The molecule has 0 spiro atoms. The van der Waals surface area contributed by atoms with Crippen LogP contribution < -0.4 is 0 Å². The molecule has 18 heavy (non-hydrogen) atoms. The minimum Gasteiger partial charge on any atom is -0.481 e. The largest absolute Gasteiger partial charge is 0.481 e. The number of aryl methyl sites for hydroxylation is 1. The minimum atomic E-state index is -0.911. The van der Waals surface area contributed by atoms with Gasteiger partial charge in [0.25, 0.3) is 0 Å². The molecule has 0 aliphatic rings. The summed E-state index contributed by atoms with van der Waals surface area (Å²) in [6, 6.07) is 4.99. The Morgan fingerprint density at radius 1 is 1.33 bits per heavy atom. The molecule has 0 bridgehead atoms. The van der Waals surface area contributed by atoms with E-state index in [0.29, 0.717) is 21.4 Å². The van der Waals surface area contributed by atoms with Crippen LogP contribution in [-0.4, -0.2) is 31.3 Å². The van der Waals surface area contributed by atoms with Crippen LogP contribution in [0.5, 0.6) is 0 Å². The number of hydrogen-bond donors (Lipinski definition) is 1. The van der Waals surface area contributed by atoms with Crippen LogP contribution in [0.3, 0.4) is 0 Å². The molecule has 0 aliphatic heterocycles. The summed E-state index contributed by atoms with van der Waals surface area (Å²) in [5.41, 5.74) is 0.680. The van der Waals surface area contributed by atoms with Gasteiger partial charge in [0.05, 0.1) is 23.0 Å². The molecule has 2 rings (SSSR count). The predicted molar refractivity (Wildman–Crippen MR) is 65.5 cm³/mol. The Labute approximate surface area is 112 Å². The van der Waals surface area contributed by atoms with E-state index >= 15 is 0 Å². The summed E-state index contributed by atoms with van der Waals surface area (Å²) < 4.78 is 1.41. The van der Waals surface area contributed by atoms with Crippen molar-refractivity contribution >= 4 is 29.2 Å². The molecule has 94 valence electrons. The summed E-state index contributed by atoms with van der Waals surface area (Å²) in [4.78, 5) is 10.5. The van der Waals surface area contributed by atoms with Gasteiger partial charge < -0.3 is 5.11 Å². The number of benzene rings is 1. The van der Waals surface area contributed by atoms with Crippen LogP contribution in [0.25, 0.3) is 11.4 Å². The number of hydrogen-bond acceptors (Lipinski definition) is 4. The van der Waals surface area contributed by atoms with Gasteiger partial charge in [-0.25, -0.2) is 4.68 Å². The van der Waals surface area contributed by atoms with Crippen LogP contribution >= 0.6 is 23.2 Å². The standard InChI is InChI=1S/C10H8Cl2N4O2/c11-7-2-1-6(5-8(7)12)10-13-14-15-16(10)4-3-9(17)18/h1-2,5H,3-4H2,(H,17,18). The number of nitrogens with zero attached hydrogens (tertiary/aromatic N) is 4. The number of aliphatic carboxylic acids is 1. The SMILES string of the molecule is O=C(O)CCn1nnnc1-c1ccc(Cl)c(Cl)c1. The summed E-state index contributed by atoms with van der Waals surface area (Å²) in [6.07, 6.45) is -0.0562. The smallest absolute Gasteiger partial charge is 0.305 e. The van der Waals surface area contributed by atoms with Crippen LogP contribution in [0.4, 0.5) is 0 Å². The molecule has 1 N–H and O–H groups in total. The third kappa shape index (κ3) is 2.77. The molecule has 0 saturated heterocycles. The van der Waals surface area contributed by atoms with Crippen LogP contribution in [0.15, 0.2) is 18.2 Å². The molecule has 0 radical (unpaired) electrons. The zero-order chi connectivity index (χ0) is 13.1. The van der Waals surface area contributed by atoms with Crippen LogP contribution in [0.2, 0.25) is 10.0 Å². The van der Waals surface area contributed by atoms with Crippen LogP contribution in [0.1, 0.15) is 6.42 Å². The van der Waals surface area contributed by atoms with Gasteiger partial charge in [-0.15, -0.1) is 5.10 Å². The van der Waals surface area contributed by atoms with Crippen molar-refractivity contribution in [3.8, 4) is 11.4 Å². The third-order valence-corrected chi connectivity index (χ3v) is 2.99. The maximum Gasteiger partial charge on any atom is 0.305 e. The van der Waals surface area contributed by atoms with Gasteiger partial charge in [0.2, 0.25) is 0 Å². The fraction of sp³-hybridized carbons (Fsp3) is 0.200. The molecule has 0 unspecified atom stereocenters. The fourth-order valence-electron chi connectivity index (χ4n) is 1.40. The number of carboxylic acids is 1. The Morgan fingerprint density at radius 3 is 2.78 bits per heavy atom. The van der Waals surface area contributed by atoms with E-state index in [4.69, 9.17) is 28.3 Å². The van der Waals surface area contributed by atoms with Crippen LogP contribution in [0, 0.1) is 0 Å². The first-order valence-corrected chi connectivity index (χ1v) is 5.77. The van der Waals surface area contributed by atoms with Crippen molar-refractivity contribution in [2.45, 2.75) is 13.0 Å². The van der Waals surface area contributed by atoms with E-state index in [9.17, 15) is 4.79 Å². The Bertz CT molecular complexity index is 585. The first kappa shape index (κ1) is 12.8. The van der Waals surface area contributed by atoms with E-state index in [1.165, 1.54) is 4.68 Å². The van der Waals surface area contributed by atoms with Crippen LogP contribution in [-0.2, 0) is 11.3 Å². The van der Waals surface area contributed by atoms with Gasteiger partial charge in [0, 0.05) is 5.56 Å². The van der Waals surface area contributed by atoms with E-state index in [1.807, 2.05) is 0 Å². The average molecular weight is 287 g/mol. The Kier molecular flexibility index (Phi) is 3.78. The second-order valence-electron chi connectivity index (χ2n) is 3.50. The average Bonchev–Trinajstić information content (AvgIpc) is 2.78. The van der Waals surface area contributed by atoms with Crippen molar-refractivity contribution < 1.29 is 9.90 Å². The molecule has 0 amide bonds. The molecule has 1 aromatic heterocycles. The second kappa shape index (κ2) is 5.32. The Hall–Kier alpha value is -1.66.